The summed E-state index contributed by atoms with van der Waals surface area (Å²) in [6.07, 6.45) is 4.10. The van der Waals surface area contributed by atoms with E-state index in [1.54, 1.807) is 4.90 Å². The monoisotopic (exact) mass is 356 g/mol. The number of para-hydroxylation sites is 1. The van der Waals surface area contributed by atoms with E-state index in [0.717, 1.165) is 31.7 Å². The first kappa shape index (κ1) is 18.5. The fraction of sp³-hybridized carbons (Fsp3) is 0.500. The molecule has 2 aromatic rings. The average molecular weight is 356 g/mol. The zero-order valence-electron chi connectivity index (χ0n) is 15.8. The molecule has 26 heavy (non-hydrogen) atoms. The Kier molecular flexibility index (Phi) is 5.93. The highest BCUT2D eigenvalue weighted by Gasteiger charge is 2.33. The largest absolute Gasteiger partial charge is 0.484 e. The van der Waals surface area contributed by atoms with E-state index in [4.69, 9.17) is 4.74 Å². The lowest BCUT2D eigenvalue weighted by atomic mass is 9.87. The summed E-state index contributed by atoms with van der Waals surface area (Å²) in [5.74, 6) is 1.11. The molecule has 140 valence electrons. The lowest BCUT2D eigenvalue weighted by Gasteiger charge is -2.40. The van der Waals surface area contributed by atoms with E-state index in [9.17, 15) is 4.79 Å². The van der Waals surface area contributed by atoms with Crippen LogP contribution >= 0.6 is 0 Å². The number of carbonyl (C=O) groups is 1. The van der Waals surface area contributed by atoms with E-state index < -0.39 is 0 Å². The van der Waals surface area contributed by atoms with E-state index in [1.165, 1.54) is 5.69 Å². The number of likely N-dealkylation sites (tertiary alicyclic amines) is 1. The topological polar surface area (TPSA) is 50.6 Å². The van der Waals surface area contributed by atoms with E-state index >= 15 is 0 Å². The van der Waals surface area contributed by atoms with Crippen molar-refractivity contribution in [3.8, 4) is 5.75 Å². The van der Waals surface area contributed by atoms with Crippen LogP contribution in [0.3, 0.4) is 0 Å². The maximum absolute atomic E-state index is 12.5. The van der Waals surface area contributed by atoms with Crippen molar-refractivity contribution < 1.29 is 9.53 Å². The molecule has 0 spiro atoms. The molecule has 6 nitrogen and oxygen atoms in total. The van der Waals surface area contributed by atoms with E-state index in [1.807, 2.05) is 55.3 Å². The number of amides is 1. The van der Waals surface area contributed by atoms with Gasteiger partial charge in [0.1, 0.15) is 5.75 Å². The number of benzene rings is 1. The summed E-state index contributed by atoms with van der Waals surface area (Å²) in [5.41, 5.74) is 1.21. The second kappa shape index (κ2) is 8.36. The molecule has 1 fully saturated rings. The molecule has 1 aromatic carbocycles. The molecule has 2 heterocycles. The standard InChI is InChI=1S/C20H28N4O2/c1-22-13-7-8-16(20(22)18-11-12-21-24(18)3)14-23(2)19(25)15-26-17-9-5-4-6-10-17/h4-6,9-12,16,20H,7-8,13-15H2,1-3H3/t16-,20+/m0/s1. The minimum atomic E-state index is 0.00540. The zero-order chi connectivity index (χ0) is 18.5. The second-order valence-electron chi connectivity index (χ2n) is 7.08. The fourth-order valence-electron chi connectivity index (χ4n) is 3.82. The Morgan fingerprint density at radius 1 is 1.27 bits per heavy atom. The number of hydrogen-bond acceptors (Lipinski definition) is 4. The molecule has 3 rings (SSSR count). The Bertz CT molecular complexity index is 716. The van der Waals surface area contributed by atoms with Crippen molar-refractivity contribution in [1.82, 2.24) is 19.6 Å². The third-order valence-corrected chi connectivity index (χ3v) is 5.21. The van der Waals surface area contributed by atoms with Crippen LogP contribution in [0.4, 0.5) is 0 Å². The maximum Gasteiger partial charge on any atom is 0.260 e. The third kappa shape index (κ3) is 4.25. The van der Waals surface area contributed by atoms with Crippen LogP contribution in [0, 0.1) is 5.92 Å². The molecule has 0 unspecified atom stereocenters. The highest BCUT2D eigenvalue weighted by Crippen LogP contribution is 2.35. The molecule has 1 aliphatic heterocycles. The van der Waals surface area contributed by atoms with Gasteiger partial charge in [-0.3, -0.25) is 14.4 Å². The summed E-state index contributed by atoms with van der Waals surface area (Å²) < 4.78 is 7.55. The quantitative estimate of drug-likeness (QED) is 0.797. The summed E-state index contributed by atoms with van der Waals surface area (Å²) >= 11 is 0. The van der Waals surface area contributed by atoms with Crippen LogP contribution in [-0.2, 0) is 11.8 Å². The van der Waals surface area contributed by atoms with Crippen molar-refractivity contribution in [2.45, 2.75) is 18.9 Å². The van der Waals surface area contributed by atoms with Crippen LogP contribution in [0.1, 0.15) is 24.6 Å². The van der Waals surface area contributed by atoms with E-state index in [2.05, 4.69) is 23.1 Å². The molecule has 0 aliphatic carbocycles. The van der Waals surface area contributed by atoms with Crippen LogP contribution in [0.15, 0.2) is 42.6 Å². The molecule has 1 aromatic heterocycles. The number of nitrogens with zero attached hydrogens (tertiary/aromatic N) is 4. The molecule has 6 heteroatoms. The summed E-state index contributed by atoms with van der Waals surface area (Å²) in [7, 11) is 6.01. The minimum Gasteiger partial charge on any atom is -0.484 e. The van der Waals surface area contributed by atoms with Gasteiger partial charge in [-0.05, 0) is 50.6 Å². The van der Waals surface area contributed by atoms with Crippen LogP contribution in [0.5, 0.6) is 5.75 Å². The van der Waals surface area contributed by atoms with Gasteiger partial charge >= 0.3 is 0 Å². The Labute approximate surface area is 155 Å². The van der Waals surface area contributed by atoms with Gasteiger partial charge in [-0.1, -0.05) is 18.2 Å². The van der Waals surface area contributed by atoms with Gasteiger partial charge < -0.3 is 9.64 Å². The summed E-state index contributed by atoms with van der Waals surface area (Å²) in [5, 5.41) is 4.33. The number of carbonyl (C=O) groups excluding carboxylic acids is 1. The van der Waals surface area contributed by atoms with Gasteiger partial charge in [0.25, 0.3) is 5.91 Å². The Balaban J connectivity index is 1.61. The normalized spacial score (nSPS) is 20.7. The van der Waals surface area contributed by atoms with Crippen molar-refractivity contribution in [2.24, 2.45) is 13.0 Å². The predicted octanol–water partition coefficient (Wildman–Crippen LogP) is 2.34. The molecular formula is C20H28N4O2. The molecule has 0 radical (unpaired) electrons. The number of aryl methyl sites for hydroxylation is 1. The highest BCUT2D eigenvalue weighted by molar-refractivity contribution is 5.77. The minimum absolute atomic E-state index is 0.00540. The van der Waals surface area contributed by atoms with Crippen molar-refractivity contribution >= 4 is 5.91 Å². The SMILES string of the molecule is CN(C[C@@H]1CCCN(C)[C@H]1c1ccnn1C)C(=O)COc1ccccc1. The average Bonchev–Trinajstić information content (AvgIpc) is 3.06. The maximum atomic E-state index is 12.5. The lowest BCUT2D eigenvalue weighted by Crippen LogP contribution is -2.44. The number of aromatic nitrogens is 2. The lowest BCUT2D eigenvalue weighted by molar-refractivity contribution is -0.133. The van der Waals surface area contributed by atoms with Crippen molar-refractivity contribution in [3.05, 3.63) is 48.3 Å². The Morgan fingerprint density at radius 2 is 2.04 bits per heavy atom. The van der Waals surface area contributed by atoms with Gasteiger partial charge in [0, 0.05) is 26.8 Å². The fourth-order valence-corrected chi connectivity index (χ4v) is 3.82. The number of piperidine rings is 1. The molecule has 0 N–H and O–H groups in total. The molecule has 0 saturated carbocycles. The van der Waals surface area contributed by atoms with Gasteiger partial charge in [-0.25, -0.2) is 0 Å². The molecule has 2 atom stereocenters. The van der Waals surface area contributed by atoms with Crippen LogP contribution in [-0.4, -0.2) is 59.3 Å². The third-order valence-electron chi connectivity index (χ3n) is 5.21. The molecule has 1 saturated heterocycles. The van der Waals surface area contributed by atoms with Crippen LogP contribution in [0.25, 0.3) is 0 Å². The molecular weight excluding hydrogens is 328 g/mol. The van der Waals surface area contributed by atoms with E-state index in [0.29, 0.717) is 5.92 Å². The van der Waals surface area contributed by atoms with Crippen molar-refractivity contribution in [1.29, 1.82) is 0 Å². The first-order valence-electron chi connectivity index (χ1n) is 9.16. The van der Waals surface area contributed by atoms with Crippen molar-refractivity contribution in [3.63, 3.8) is 0 Å². The van der Waals surface area contributed by atoms with Gasteiger partial charge in [-0.15, -0.1) is 0 Å². The van der Waals surface area contributed by atoms with Gasteiger partial charge in [-0.2, -0.15) is 5.10 Å². The highest BCUT2D eigenvalue weighted by atomic mass is 16.5. The molecule has 0 bridgehead atoms. The number of hydrogen-bond donors (Lipinski definition) is 0. The Morgan fingerprint density at radius 3 is 2.73 bits per heavy atom. The summed E-state index contributed by atoms with van der Waals surface area (Å²) in [6, 6.07) is 11.8. The van der Waals surface area contributed by atoms with Crippen LogP contribution < -0.4 is 4.74 Å². The number of ether oxygens (including phenoxy) is 1. The van der Waals surface area contributed by atoms with Crippen LogP contribution in [0.2, 0.25) is 0 Å². The Hall–Kier alpha value is -2.34. The smallest absolute Gasteiger partial charge is 0.260 e. The zero-order valence-corrected chi connectivity index (χ0v) is 15.8. The molecule has 1 aliphatic rings. The number of rotatable bonds is 6. The van der Waals surface area contributed by atoms with Crippen molar-refractivity contribution in [2.75, 3.05) is 33.8 Å². The number of likely N-dealkylation sites (N-methyl/N-ethyl adjacent to an activating group) is 1. The van der Waals surface area contributed by atoms with Gasteiger partial charge in [0.2, 0.25) is 0 Å². The molecule has 1 amide bonds. The van der Waals surface area contributed by atoms with Gasteiger partial charge in [0.05, 0.1) is 11.7 Å². The van der Waals surface area contributed by atoms with E-state index in [-0.39, 0.29) is 18.6 Å². The summed E-state index contributed by atoms with van der Waals surface area (Å²) in [4.78, 5) is 16.7. The first-order valence-corrected chi connectivity index (χ1v) is 9.16. The first-order chi connectivity index (χ1) is 12.6. The second-order valence-corrected chi connectivity index (χ2v) is 7.08. The summed E-state index contributed by atoms with van der Waals surface area (Å²) in [6.45, 7) is 1.86. The van der Waals surface area contributed by atoms with Gasteiger partial charge in [0.15, 0.2) is 6.61 Å². The predicted molar refractivity (Wildman–Crippen MR) is 101 cm³/mol.